The second-order valence-corrected chi connectivity index (χ2v) is 6.17. The highest BCUT2D eigenvalue weighted by atomic mass is 32.2. The van der Waals surface area contributed by atoms with E-state index >= 15 is 0 Å². The Morgan fingerprint density at radius 2 is 2.17 bits per heavy atom. The summed E-state index contributed by atoms with van der Waals surface area (Å²) in [5.74, 6) is -1.24. The molecule has 2 amide bonds. The van der Waals surface area contributed by atoms with Gasteiger partial charge in [-0.2, -0.15) is 4.31 Å². The van der Waals surface area contributed by atoms with Crippen molar-refractivity contribution >= 4 is 21.8 Å². The molecular weight excluding hydrogens is 254 g/mol. The SMILES string of the molecule is CCCCC(=O)N1C(=O)CC2=C(C=CC2)S1(=O)=O. The lowest BCUT2D eigenvalue weighted by Crippen LogP contribution is -2.44. The van der Waals surface area contributed by atoms with Crippen LogP contribution in [0.15, 0.2) is 22.6 Å². The van der Waals surface area contributed by atoms with Crippen LogP contribution in [0.3, 0.4) is 0 Å². The molecule has 1 aliphatic carbocycles. The van der Waals surface area contributed by atoms with Gasteiger partial charge in [0, 0.05) is 6.42 Å². The first-order chi connectivity index (χ1) is 8.48. The van der Waals surface area contributed by atoms with Gasteiger partial charge in [-0.3, -0.25) is 9.59 Å². The summed E-state index contributed by atoms with van der Waals surface area (Å²) < 4.78 is 24.8. The van der Waals surface area contributed by atoms with Gasteiger partial charge in [0.25, 0.3) is 10.0 Å². The van der Waals surface area contributed by atoms with Gasteiger partial charge in [0.2, 0.25) is 11.8 Å². The maximum absolute atomic E-state index is 12.2. The predicted octanol–water partition coefficient (Wildman–Crippen LogP) is 1.48. The molecule has 0 aromatic heterocycles. The Morgan fingerprint density at radius 1 is 1.44 bits per heavy atom. The van der Waals surface area contributed by atoms with Gasteiger partial charge in [-0.1, -0.05) is 19.4 Å². The van der Waals surface area contributed by atoms with Gasteiger partial charge in [-0.05, 0) is 24.5 Å². The fraction of sp³-hybridized carbons (Fsp3) is 0.500. The Balaban J connectivity index is 2.34. The van der Waals surface area contributed by atoms with Crippen molar-refractivity contribution in [2.45, 2.75) is 39.0 Å². The molecule has 18 heavy (non-hydrogen) atoms. The van der Waals surface area contributed by atoms with Gasteiger partial charge in [-0.25, -0.2) is 8.42 Å². The molecule has 0 N–H and O–H groups in total. The third kappa shape index (κ3) is 2.01. The van der Waals surface area contributed by atoms with Crippen LogP contribution >= 0.6 is 0 Å². The van der Waals surface area contributed by atoms with Crippen LogP contribution in [0, 0.1) is 0 Å². The van der Waals surface area contributed by atoms with Crippen LogP contribution < -0.4 is 0 Å². The lowest BCUT2D eigenvalue weighted by molar-refractivity contribution is -0.138. The second kappa shape index (κ2) is 4.68. The molecule has 0 saturated heterocycles. The van der Waals surface area contributed by atoms with Crippen LogP contribution in [0.5, 0.6) is 0 Å². The van der Waals surface area contributed by atoms with Crippen LogP contribution in [-0.2, 0) is 19.6 Å². The third-order valence-electron chi connectivity index (χ3n) is 3.06. The van der Waals surface area contributed by atoms with Crippen LogP contribution in [0.25, 0.3) is 0 Å². The topological polar surface area (TPSA) is 71.5 Å². The molecular formula is C12H15NO4S. The second-order valence-electron chi connectivity index (χ2n) is 4.41. The Kier molecular flexibility index (Phi) is 3.38. The largest absolute Gasteiger partial charge is 0.273 e. The molecule has 1 heterocycles. The van der Waals surface area contributed by atoms with Crippen molar-refractivity contribution < 1.29 is 18.0 Å². The molecule has 0 aromatic rings. The molecule has 0 spiro atoms. The van der Waals surface area contributed by atoms with Crippen molar-refractivity contribution in [2.75, 3.05) is 0 Å². The fourth-order valence-electron chi connectivity index (χ4n) is 2.14. The Morgan fingerprint density at radius 3 is 2.83 bits per heavy atom. The van der Waals surface area contributed by atoms with E-state index in [0.29, 0.717) is 22.7 Å². The first-order valence-electron chi connectivity index (χ1n) is 5.98. The van der Waals surface area contributed by atoms with Crippen LogP contribution in [-0.4, -0.2) is 24.5 Å². The maximum atomic E-state index is 12.2. The molecule has 0 radical (unpaired) electrons. The van der Waals surface area contributed by atoms with E-state index in [-0.39, 0.29) is 17.7 Å². The van der Waals surface area contributed by atoms with Gasteiger partial charge in [-0.15, -0.1) is 0 Å². The standard InChI is InChI=1S/C12H15NO4S/c1-2-3-7-11(14)13-12(15)8-9-5-4-6-10(9)18(13,16)17/h4,6H,2-3,5,7-8H2,1H3. The van der Waals surface area contributed by atoms with Crippen LogP contribution in [0.4, 0.5) is 0 Å². The van der Waals surface area contributed by atoms with Crippen molar-refractivity contribution in [3.8, 4) is 0 Å². The summed E-state index contributed by atoms with van der Waals surface area (Å²) in [5, 5.41) is 0. The summed E-state index contributed by atoms with van der Waals surface area (Å²) in [6.07, 6.45) is 5.15. The number of allylic oxidation sites excluding steroid dienone is 2. The highest BCUT2D eigenvalue weighted by Gasteiger charge is 2.41. The van der Waals surface area contributed by atoms with Crippen molar-refractivity contribution in [1.82, 2.24) is 4.31 Å². The number of unbranched alkanes of at least 4 members (excludes halogenated alkanes) is 1. The number of carbonyl (C=O) groups excluding carboxylic acids is 2. The fourth-order valence-corrected chi connectivity index (χ4v) is 3.82. The van der Waals surface area contributed by atoms with Crippen molar-refractivity contribution in [2.24, 2.45) is 0 Å². The Bertz CT molecular complexity index is 557. The molecule has 2 aliphatic rings. The molecule has 0 unspecified atom stereocenters. The smallest absolute Gasteiger partial charge is 0.273 e. The molecule has 6 heteroatoms. The van der Waals surface area contributed by atoms with E-state index in [1.165, 1.54) is 6.08 Å². The van der Waals surface area contributed by atoms with Gasteiger partial charge < -0.3 is 0 Å². The Labute approximate surface area is 106 Å². The predicted molar refractivity (Wildman–Crippen MR) is 65.7 cm³/mol. The van der Waals surface area contributed by atoms with Gasteiger partial charge in [0.15, 0.2) is 0 Å². The van der Waals surface area contributed by atoms with E-state index in [1.54, 1.807) is 6.08 Å². The van der Waals surface area contributed by atoms with E-state index in [1.807, 2.05) is 6.92 Å². The summed E-state index contributed by atoms with van der Waals surface area (Å²) in [6.45, 7) is 1.90. The molecule has 0 fully saturated rings. The molecule has 2 rings (SSSR count). The number of hydrogen-bond donors (Lipinski definition) is 0. The quantitative estimate of drug-likeness (QED) is 0.778. The zero-order chi connectivity index (χ0) is 13.3. The summed E-state index contributed by atoms with van der Waals surface area (Å²) in [7, 11) is -3.95. The number of imide groups is 1. The van der Waals surface area contributed by atoms with E-state index in [0.717, 1.165) is 6.42 Å². The van der Waals surface area contributed by atoms with E-state index in [4.69, 9.17) is 0 Å². The molecule has 5 nitrogen and oxygen atoms in total. The highest BCUT2D eigenvalue weighted by molar-refractivity contribution is 7.94. The number of amides is 2. The zero-order valence-electron chi connectivity index (χ0n) is 10.2. The van der Waals surface area contributed by atoms with Gasteiger partial charge in [0.05, 0.1) is 11.3 Å². The molecule has 98 valence electrons. The van der Waals surface area contributed by atoms with E-state index < -0.39 is 21.8 Å². The minimum atomic E-state index is -3.95. The Hall–Kier alpha value is -1.43. The molecule has 0 saturated carbocycles. The highest BCUT2D eigenvalue weighted by Crippen LogP contribution is 2.34. The first-order valence-corrected chi connectivity index (χ1v) is 7.42. The summed E-state index contributed by atoms with van der Waals surface area (Å²) in [6, 6.07) is 0. The zero-order valence-corrected chi connectivity index (χ0v) is 11.0. The summed E-state index contributed by atoms with van der Waals surface area (Å²) in [4.78, 5) is 23.8. The molecule has 0 atom stereocenters. The average molecular weight is 269 g/mol. The average Bonchev–Trinajstić information content (AvgIpc) is 2.74. The minimum absolute atomic E-state index is 0.0272. The molecule has 0 bridgehead atoms. The minimum Gasteiger partial charge on any atom is -0.273 e. The first kappa shape index (κ1) is 13.0. The molecule has 1 aliphatic heterocycles. The maximum Gasteiger partial charge on any atom is 0.273 e. The number of sulfonamides is 1. The van der Waals surface area contributed by atoms with Crippen molar-refractivity contribution in [3.05, 3.63) is 22.6 Å². The molecule has 0 aromatic carbocycles. The van der Waals surface area contributed by atoms with Gasteiger partial charge >= 0.3 is 0 Å². The number of nitrogens with zero attached hydrogens (tertiary/aromatic N) is 1. The van der Waals surface area contributed by atoms with Crippen LogP contribution in [0.1, 0.15) is 39.0 Å². The van der Waals surface area contributed by atoms with E-state index in [9.17, 15) is 18.0 Å². The summed E-state index contributed by atoms with van der Waals surface area (Å²) >= 11 is 0. The van der Waals surface area contributed by atoms with Crippen molar-refractivity contribution in [3.63, 3.8) is 0 Å². The lowest BCUT2D eigenvalue weighted by atomic mass is 10.1. The lowest BCUT2D eigenvalue weighted by Gasteiger charge is -2.25. The normalized spacial score (nSPS) is 21.4. The number of hydrogen-bond acceptors (Lipinski definition) is 4. The third-order valence-corrected chi connectivity index (χ3v) is 4.93. The summed E-state index contributed by atoms with van der Waals surface area (Å²) in [5.41, 5.74) is 0.597. The van der Waals surface area contributed by atoms with Gasteiger partial charge in [0.1, 0.15) is 0 Å². The number of carbonyl (C=O) groups is 2. The van der Waals surface area contributed by atoms with Crippen molar-refractivity contribution in [1.29, 1.82) is 0 Å². The monoisotopic (exact) mass is 269 g/mol. The van der Waals surface area contributed by atoms with E-state index in [2.05, 4.69) is 0 Å². The number of rotatable bonds is 3. The van der Waals surface area contributed by atoms with Crippen LogP contribution in [0.2, 0.25) is 0 Å².